The number of hydrogen-bond acceptors (Lipinski definition) is 15. The Labute approximate surface area is 320 Å². The number of aromatic nitrogens is 2. The summed E-state index contributed by atoms with van der Waals surface area (Å²) in [5.74, 6) is -7.17. The molecule has 17 heteroatoms. The van der Waals surface area contributed by atoms with Gasteiger partial charge in [-0.2, -0.15) is 0 Å². The van der Waals surface area contributed by atoms with E-state index in [1.54, 1.807) is 6.07 Å². The van der Waals surface area contributed by atoms with Crippen LogP contribution in [-0.4, -0.2) is 75.3 Å². The molecule has 0 N–H and O–H groups in total. The summed E-state index contributed by atoms with van der Waals surface area (Å²) in [6, 6.07) is 12.7. The first-order valence-electron chi connectivity index (χ1n) is 18.0. The first-order chi connectivity index (χ1) is 26.6. The summed E-state index contributed by atoms with van der Waals surface area (Å²) in [6.07, 6.45) is 0.285. The minimum Gasteiger partial charge on any atom is -0.464 e. The van der Waals surface area contributed by atoms with Gasteiger partial charge in [-0.05, 0) is 59.4 Å². The molecule has 0 amide bonds. The number of aldehydes is 1. The largest absolute Gasteiger partial charge is 0.464 e. The number of cyclic esters (lactones) is 1. The topological polar surface area (TPSA) is 226 Å². The average molecular weight is 791 g/mol. The van der Waals surface area contributed by atoms with Gasteiger partial charge in [0.2, 0.25) is 0 Å². The zero-order valence-corrected chi connectivity index (χ0v) is 31.3. The molecule has 56 heavy (non-hydrogen) atoms. The summed E-state index contributed by atoms with van der Waals surface area (Å²) in [6.45, 7) is 6.76. The minimum atomic E-state index is -4.35. The van der Waals surface area contributed by atoms with Crippen LogP contribution in [0.1, 0.15) is 66.7 Å². The van der Waals surface area contributed by atoms with Gasteiger partial charge in [-0.3, -0.25) is 19.0 Å². The molecule has 1 aliphatic heterocycles. The van der Waals surface area contributed by atoms with Crippen LogP contribution in [-0.2, 0) is 43.2 Å². The molecule has 1 aromatic heterocycles. The van der Waals surface area contributed by atoms with Gasteiger partial charge in [-0.15, -0.1) is 0 Å². The van der Waals surface area contributed by atoms with Gasteiger partial charge in [0.25, 0.3) is 9.84 Å². The highest BCUT2D eigenvalue weighted by atomic mass is 32.2. The predicted octanol–water partition coefficient (Wildman–Crippen LogP) is 3.19. The van der Waals surface area contributed by atoms with Gasteiger partial charge in [0.05, 0.1) is 39.8 Å². The quantitative estimate of drug-likeness (QED) is 0.0517. The van der Waals surface area contributed by atoms with E-state index in [0.717, 1.165) is 0 Å². The second-order valence-electron chi connectivity index (χ2n) is 15.2. The van der Waals surface area contributed by atoms with Gasteiger partial charge in [-0.1, -0.05) is 50.8 Å². The highest BCUT2D eigenvalue weighted by molar-refractivity contribution is 7.91. The van der Waals surface area contributed by atoms with Gasteiger partial charge in [0, 0.05) is 30.6 Å². The minimum absolute atomic E-state index is 0.00600. The smallest absolute Gasteiger partial charge is 0.414 e. The first-order valence-corrected chi connectivity index (χ1v) is 19.5. The van der Waals surface area contributed by atoms with E-state index >= 15 is 0 Å². The van der Waals surface area contributed by atoms with Crippen LogP contribution in [0.5, 0.6) is 5.88 Å². The Hall–Kier alpha value is -5.71. The molecule has 1 unspecified atom stereocenters. The van der Waals surface area contributed by atoms with Crippen molar-refractivity contribution in [1.29, 1.82) is 0 Å². The number of carbonyl (C=O) groups is 6. The zero-order chi connectivity index (χ0) is 40.2. The number of ketones is 2. The average Bonchev–Trinajstić information content (AvgIpc) is 3.61. The third kappa shape index (κ3) is 5.73. The lowest BCUT2D eigenvalue weighted by Gasteiger charge is -2.59. The van der Waals surface area contributed by atoms with E-state index in [4.69, 9.17) is 18.9 Å². The molecule has 4 fully saturated rings. The molecule has 2 aromatic carbocycles. The number of rotatable bonds is 11. The Bertz CT molecular complexity index is 2270. The van der Waals surface area contributed by atoms with Crippen molar-refractivity contribution < 1.29 is 65.7 Å². The van der Waals surface area contributed by atoms with E-state index in [1.807, 2.05) is 13.8 Å². The van der Waals surface area contributed by atoms with Gasteiger partial charge >= 0.3 is 28.8 Å². The van der Waals surface area contributed by atoms with Crippen molar-refractivity contribution >= 4 is 45.6 Å². The van der Waals surface area contributed by atoms with Gasteiger partial charge in [-0.25, -0.2) is 18.0 Å². The highest BCUT2D eigenvalue weighted by Crippen LogP contribution is 2.67. The van der Waals surface area contributed by atoms with Crippen LogP contribution in [0.15, 0.2) is 81.3 Å². The summed E-state index contributed by atoms with van der Waals surface area (Å²) >= 11 is 0. The predicted molar refractivity (Wildman–Crippen MR) is 187 cm³/mol. The first kappa shape index (κ1) is 38.6. The number of benzene rings is 2. The number of esters is 3. The third-order valence-electron chi connectivity index (χ3n) is 11.9. The molecular weight excluding hydrogens is 752 g/mol. The fraction of sp³-hybridized carbons (Fsp3) is 0.436. The Balaban J connectivity index is 1.07. The van der Waals surface area contributed by atoms with Crippen molar-refractivity contribution in [1.82, 2.24) is 5.16 Å². The third-order valence-corrected chi connectivity index (χ3v) is 13.6. The van der Waals surface area contributed by atoms with E-state index < -0.39 is 84.5 Å². The summed E-state index contributed by atoms with van der Waals surface area (Å²) < 4.78 is 52.9. The van der Waals surface area contributed by atoms with Crippen LogP contribution >= 0.6 is 0 Å². The number of ether oxygens (including phenoxy) is 4. The van der Waals surface area contributed by atoms with Crippen molar-refractivity contribution in [3.05, 3.63) is 83.1 Å². The Morgan fingerprint density at radius 1 is 1.02 bits per heavy atom. The van der Waals surface area contributed by atoms with Gasteiger partial charge < -0.3 is 28.9 Å². The Morgan fingerprint density at radius 2 is 1.70 bits per heavy atom. The van der Waals surface area contributed by atoms with Crippen LogP contribution in [0, 0.1) is 39.2 Å². The molecule has 6 atom stereocenters. The van der Waals surface area contributed by atoms with Gasteiger partial charge in [0.1, 0.15) is 24.8 Å². The summed E-state index contributed by atoms with van der Waals surface area (Å²) in [4.78, 5) is 81.7. The summed E-state index contributed by atoms with van der Waals surface area (Å²) in [5.41, 5.74) is -4.67. The normalized spacial score (nSPS) is 28.0. The number of carbonyl (C=O) groups excluding carboxylic acids is 6. The molecule has 294 valence electrons. The molecule has 3 aromatic rings. The van der Waals surface area contributed by atoms with Crippen LogP contribution in [0.2, 0.25) is 0 Å². The number of Topliss-reactive ketones (excluding diaryl/α,β-unsaturated/α-hetero) is 2. The fourth-order valence-corrected chi connectivity index (χ4v) is 10.5. The maximum Gasteiger partial charge on any atom is 0.414 e. The fourth-order valence-electron chi connectivity index (χ4n) is 9.23. The van der Waals surface area contributed by atoms with E-state index in [0.29, 0.717) is 12.7 Å². The second kappa shape index (κ2) is 14.1. The molecule has 3 saturated carbocycles. The Morgan fingerprint density at radius 3 is 2.39 bits per heavy atom. The van der Waals surface area contributed by atoms with Gasteiger partial charge in [0.15, 0.2) is 11.2 Å². The molecule has 0 radical (unpaired) electrons. The number of hydrogen-bond donors (Lipinski definition) is 0. The van der Waals surface area contributed by atoms with Crippen molar-refractivity contribution in [2.24, 2.45) is 34.0 Å². The van der Waals surface area contributed by atoms with E-state index in [1.165, 1.54) is 48.5 Å². The SMILES string of the molecule is C=C1C(=O)[C@@]23C(=O)OC[C@]4(C(=O)CCC(C)(C)[C@H]4C=O)C2CC[C@@H]1[C@H]3OC(=O)c1ccccc1C(=O)OCCCOc1no[n+]([O-])c1S(=O)(=O)c1ccccc1. The molecule has 7 rings (SSSR count). The molecule has 4 aliphatic rings. The Kier molecular flexibility index (Phi) is 9.71. The van der Waals surface area contributed by atoms with Crippen LogP contribution in [0.3, 0.4) is 0 Å². The molecule has 2 heterocycles. The lowest BCUT2D eigenvalue weighted by Crippen LogP contribution is -2.70. The lowest BCUT2D eigenvalue weighted by molar-refractivity contribution is -0.832. The number of fused-ring (bicyclic) bond motifs is 2. The second-order valence-corrected chi connectivity index (χ2v) is 17.0. The standard InChI is InChI=1S/C39H38N2O14S/c1-22-24-14-15-27-38(28(20-42)37(2,3)17-16-29(38)43)21-53-36(47)39(27,30(22)44)31(24)54-35(46)26-13-8-7-12-25(26)34(45)52-19-9-18-51-32-33(41(48)55-40-32)56(49,50)23-10-5-4-6-11-23/h4-8,10-13,20,24,27-28,31H,1,9,14-19,21H2,2-3H3/t24-,27?,28+,31+,38-,39-/m0/s1. The van der Waals surface area contributed by atoms with E-state index in [2.05, 4.69) is 16.4 Å². The van der Waals surface area contributed by atoms with Crippen molar-refractivity contribution in [3.8, 4) is 5.88 Å². The molecule has 16 nitrogen and oxygen atoms in total. The summed E-state index contributed by atoms with van der Waals surface area (Å²) in [5, 5.41) is 14.7. The maximum absolute atomic E-state index is 14.2. The molecular formula is C39H38N2O14S. The lowest BCUT2D eigenvalue weighted by atomic mass is 9.44. The monoisotopic (exact) mass is 790 g/mol. The number of nitrogens with zero attached hydrogens (tertiary/aromatic N) is 2. The van der Waals surface area contributed by atoms with Crippen LogP contribution in [0.25, 0.3) is 0 Å². The summed E-state index contributed by atoms with van der Waals surface area (Å²) in [7, 11) is -4.35. The van der Waals surface area contributed by atoms with Crippen molar-refractivity contribution in [2.75, 3.05) is 19.8 Å². The molecule has 2 spiro atoms. The zero-order valence-electron chi connectivity index (χ0n) is 30.5. The van der Waals surface area contributed by atoms with E-state index in [9.17, 15) is 42.4 Å². The number of sulfone groups is 1. The van der Waals surface area contributed by atoms with E-state index in [-0.39, 0.29) is 77.8 Å². The molecule has 3 aliphatic carbocycles. The van der Waals surface area contributed by atoms with Crippen molar-refractivity contribution in [3.63, 3.8) is 0 Å². The van der Waals surface area contributed by atoms with Crippen LogP contribution < -0.4 is 9.64 Å². The molecule has 1 saturated heterocycles. The molecule has 2 bridgehead atoms. The maximum atomic E-state index is 14.2. The van der Waals surface area contributed by atoms with Crippen LogP contribution in [0.4, 0.5) is 0 Å². The highest BCUT2D eigenvalue weighted by Gasteiger charge is 2.78. The van der Waals surface area contributed by atoms with Crippen molar-refractivity contribution in [2.45, 2.75) is 62.0 Å².